The third kappa shape index (κ3) is 1.45. The quantitative estimate of drug-likeness (QED) is 0.642. The second kappa shape index (κ2) is 3.28. The highest BCUT2D eigenvalue weighted by Crippen LogP contribution is 2.26. The Bertz CT molecular complexity index is 221. The van der Waals surface area contributed by atoms with Crippen LogP contribution in [0.1, 0.15) is 5.56 Å². The first kappa shape index (κ1) is 7.92. The van der Waals surface area contributed by atoms with Gasteiger partial charge in [0, 0.05) is 5.56 Å². The average molecular weight is 151 g/mol. The minimum absolute atomic E-state index is 0.754. The number of benzene rings is 1. The zero-order valence-electron chi connectivity index (χ0n) is 6.76. The fourth-order valence-corrected chi connectivity index (χ4v) is 0.928. The van der Waals surface area contributed by atoms with Crippen LogP contribution in [-0.2, 0) is 0 Å². The zero-order valence-corrected chi connectivity index (χ0v) is 6.76. The summed E-state index contributed by atoms with van der Waals surface area (Å²) in [4.78, 5) is 0. The molecular formula is C9H11O2. The van der Waals surface area contributed by atoms with E-state index in [1.54, 1.807) is 14.2 Å². The van der Waals surface area contributed by atoms with Crippen molar-refractivity contribution >= 4 is 0 Å². The molecule has 11 heavy (non-hydrogen) atoms. The van der Waals surface area contributed by atoms with Gasteiger partial charge in [-0.1, -0.05) is 6.07 Å². The summed E-state index contributed by atoms with van der Waals surface area (Å²) in [5.74, 6) is 1.51. The van der Waals surface area contributed by atoms with Crippen molar-refractivity contribution in [2.24, 2.45) is 0 Å². The van der Waals surface area contributed by atoms with E-state index in [9.17, 15) is 0 Å². The lowest BCUT2D eigenvalue weighted by atomic mass is 10.2. The first-order valence-corrected chi connectivity index (χ1v) is 3.32. The molecule has 2 heteroatoms. The monoisotopic (exact) mass is 151 g/mol. The van der Waals surface area contributed by atoms with Gasteiger partial charge in [0.25, 0.3) is 0 Å². The highest BCUT2D eigenvalue weighted by molar-refractivity contribution is 5.46. The van der Waals surface area contributed by atoms with Crippen LogP contribution in [0.25, 0.3) is 0 Å². The molecule has 0 aromatic heterocycles. The Labute approximate surface area is 66.8 Å². The van der Waals surface area contributed by atoms with Crippen LogP contribution < -0.4 is 9.47 Å². The predicted octanol–water partition coefficient (Wildman–Crippen LogP) is 1.89. The lowest BCUT2D eigenvalue weighted by Gasteiger charge is -2.07. The highest BCUT2D eigenvalue weighted by Gasteiger charge is 2.02. The normalized spacial score (nSPS) is 9.36. The van der Waals surface area contributed by atoms with Crippen molar-refractivity contribution in [1.29, 1.82) is 0 Å². The molecule has 0 saturated carbocycles. The first-order chi connectivity index (χ1) is 5.29. The van der Waals surface area contributed by atoms with Crippen molar-refractivity contribution in [3.63, 3.8) is 0 Å². The summed E-state index contributed by atoms with van der Waals surface area (Å²) in [5.41, 5.74) is 0.789. The molecule has 0 amide bonds. The van der Waals surface area contributed by atoms with Gasteiger partial charge in [-0.2, -0.15) is 0 Å². The van der Waals surface area contributed by atoms with Crippen LogP contribution in [0.2, 0.25) is 0 Å². The number of methoxy groups -OCH3 is 2. The van der Waals surface area contributed by atoms with Gasteiger partial charge in [0.15, 0.2) is 0 Å². The molecule has 2 nitrogen and oxygen atoms in total. The van der Waals surface area contributed by atoms with Gasteiger partial charge in [-0.15, -0.1) is 0 Å². The van der Waals surface area contributed by atoms with Crippen molar-refractivity contribution in [2.45, 2.75) is 0 Å². The lowest BCUT2D eigenvalue weighted by Crippen LogP contribution is -1.90. The molecule has 0 aliphatic carbocycles. The van der Waals surface area contributed by atoms with E-state index in [4.69, 9.17) is 9.47 Å². The Morgan fingerprint density at radius 1 is 1.09 bits per heavy atom. The molecule has 0 saturated heterocycles. The van der Waals surface area contributed by atoms with Crippen LogP contribution in [0.4, 0.5) is 0 Å². The molecule has 0 unspecified atom stereocenters. The molecule has 59 valence electrons. The Morgan fingerprint density at radius 3 is 1.91 bits per heavy atom. The molecule has 0 N–H and O–H groups in total. The molecule has 1 aromatic carbocycles. The van der Waals surface area contributed by atoms with E-state index < -0.39 is 0 Å². The SMILES string of the molecule is [CH2]c1c(OC)cccc1OC. The Balaban J connectivity index is 3.10. The highest BCUT2D eigenvalue weighted by atomic mass is 16.5. The van der Waals surface area contributed by atoms with Crippen LogP contribution in [-0.4, -0.2) is 14.2 Å². The molecule has 1 radical (unpaired) electrons. The Kier molecular flexibility index (Phi) is 2.36. The van der Waals surface area contributed by atoms with Gasteiger partial charge in [-0.05, 0) is 19.1 Å². The van der Waals surface area contributed by atoms with Gasteiger partial charge in [0.05, 0.1) is 14.2 Å². The number of rotatable bonds is 2. The van der Waals surface area contributed by atoms with Gasteiger partial charge < -0.3 is 9.47 Å². The van der Waals surface area contributed by atoms with Crippen LogP contribution in [0.15, 0.2) is 18.2 Å². The van der Waals surface area contributed by atoms with Gasteiger partial charge in [-0.3, -0.25) is 0 Å². The fraction of sp³-hybridized carbons (Fsp3) is 0.222. The van der Waals surface area contributed by atoms with Crippen molar-refractivity contribution in [1.82, 2.24) is 0 Å². The smallest absolute Gasteiger partial charge is 0.125 e. The topological polar surface area (TPSA) is 18.5 Å². The summed E-state index contributed by atoms with van der Waals surface area (Å²) >= 11 is 0. The van der Waals surface area contributed by atoms with Crippen LogP contribution in [0.5, 0.6) is 11.5 Å². The maximum atomic E-state index is 5.04. The predicted molar refractivity (Wildman–Crippen MR) is 44.0 cm³/mol. The molecule has 0 aliphatic rings. The molecule has 0 heterocycles. The third-order valence-corrected chi connectivity index (χ3v) is 1.53. The van der Waals surface area contributed by atoms with E-state index in [0.29, 0.717) is 0 Å². The zero-order chi connectivity index (χ0) is 8.27. The minimum Gasteiger partial charge on any atom is -0.496 e. The molecular weight excluding hydrogens is 140 g/mol. The van der Waals surface area contributed by atoms with E-state index >= 15 is 0 Å². The molecule has 1 rings (SSSR count). The van der Waals surface area contributed by atoms with Crippen molar-refractivity contribution < 1.29 is 9.47 Å². The van der Waals surface area contributed by atoms with Gasteiger partial charge in [0.2, 0.25) is 0 Å². The standard InChI is InChI=1S/C9H11O2/c1-7-8(10-2)5-4-6-9(7)11-3/h4-6H,1H2,2-3H3. The summed E-state index contributed by atoms with van der Waals surface area (Å²) < 4.78 is 10.1. The van der Waals surface area contributed by atoms with Crippen LogP contribution in [0.3, 0.4) is 0 Å². The lowest BCUT2D eigenvalue weighted by molar-refractivity contribution is 0.391. The van der Waals surface area contributed by atoms with Gasteiger partial charge in [0.1, 0.15) is 11.5 Å². The van der Waals surface area contributed by atoms with E-state index in [-0.39, 0.29) is 0 Å². The fourth-order valence-electron chi connectivity index (χ4n) is 0.928. The second-order valence-corrected chi connectivity index (χ2v) is 2.14. The van der Waals surface area contributed by atoms with Crippen molar-refractivity contribution in [3.8, 4) is 11.5 Å². The maximum Gasteiger partial charge on any atom is 0.125 e. The van der Waals surface area contributed by atoms with E-state index in [1.807, 2.05) is 18.2 Å². The largest absolute Gasteiger partial charge is 0.496 e. The van der Waals surface area contributed by atoms with Crippen LogP contribution in [0, 0.1) is 6.92 Å². The summed E-state index contributed by atoms with van der Waals surface area (Å²) in [6, 6.07) is 5.57. The Hall–Kier alpha value is -1.18. The van der Waals surface area contributed by atoms with E-state index in [0.717, 1.165) is 17.1 Å². The summed E-state index contributed by atoms with van der Waals surface area (Å²) in [5, 5.41) is 0. The molecule has 0 bridgehead atoms. The number of ether oxygens (including phenoxy) is 2. The molecule has 1 aromatic rings. The third-order valence-electron chi connectivity index (χ3n) is 1.53. The van der Waals surface area contributed by atoms with E-state index in [1.165, 1.54) is 0 Å². The van der Waals surface area contributed by atoms with Gasteiger partial charge >= 0.3 is 0 Å². The summed E-state index contributed by atoms with van der Waals surface area (Å²) in [6.07, 6.45) is 0. The van der Waals surface area contributed by atoms with Crippen molar-refractivity contribution in [2.75, 3.05) is 14.2 Å². The maximum absolute atomic E-state index is 5.04. The second-order valence-electron chi connectivity index (χ2n) is 2.14. The van der Waals surface area contributed by atoms with Crippen molar-refractivity contribution in [3.05, 3.63) is 30.7 Å². The molecule has 0 spiro atoms. The molecule has 0 aliphatic heterocycles. The average Bonchev–Trinajstić information content (AvgIpc) is 2.05. The first-order valence-electron chi connectivity index (χ1n) is 3.32. The Morgan fingerprint density at radius 2 is 1.55 bits per heavy atom. The summed E-state index contributed by atoms with van der Waals surface area (Å²) in [6.45, 7) is 3.81. The molecule has 0 atom stereocenters. The molecule has 0 fully saturated rings. The van der Waals surface area contributed by atoms with Gasteiger partial charge in [-0.25, -0.2) is 0 Å². The number of hydrogen-bond donors (Lipinski definition) is 0. The minimum atomic E-state index is 0.754. The van der Waals surface area contributed by atoms with Crippen LogP contribution >= 0.6 is 0 Å². The summed E-state index contributed by atoms with van der Waals surface area (Å²) in [7, 11) is 3.23. The number of hydrogen-bond acceptors (Lipinski definition) is 2. The van der Waals surface area contributed by atoms with E-state index in [2.05, 4.69) is 6.92 Å².